The van der Waals surface area contributed by atoms with Crippen LogP contribution in [0.1, 0.15) is 0 Å². The van der Waals surface area contributed by atoms with E-state index in [-0.39, 0.29) is 0 Å². The van der Waals surface area contributed by atoms with Gasteiger partial charge in [-0.25, -0.2) is 13.2 Å². The van der Waals surface area contributed by atoms with E-state index in [1.165, 1.54) is 0 Å². The number of alkyl halides is 6. The van der Waals surface area contributed by atoms with Gasteiger partial charge in [0.1, 0.15) is 6.61 Å². The van der Waals surface area contributed by atoms with Crippen LogP contribution in [0.2, 0.25) is 0 Å². The standard InChI is InChI=1S/C6H4F6O6S/c7-5(8,9)4(6(10,11)12)17-3(13)2-1-16-19(14,15)18-2/h2,4H,1H2. The van der Waals surface area contributed by atoms with Crippen molar-refractivity contribution < 1.29 is 52.7 Å². The average Bonchev–Trinajstić information content (AvgIpc) is 2.51. The van der Waals surface area contributed by atoms with E-state index < -0.39 is 47.5 Å². The summed E-state index contributed by atoms with van der Waals surface area (Å²) < 4.78 is 104. The zero-order valence-electron chi connectivity index (χ0n) is 8.49. The van der Waals surface area contributed by atoms with Gasteiger partial charge in [0.25, 0.3) is 6.10 Å². The van der Waals surface area contributed by atoms with Crippen molar-refractivity contribution in [3.8, 4) is 0 Å². The van der Waals surface area contributed by atoms with Gasteiger partial charge in [-0.3, -0.25) is 0 Å². The lowest BCUT2D eigenvalue weighted by Crippen LogP contribution is -2.47. The molecule has 0 amide bonds. The van der Waals surface area contributed by atoms with Gasteiger partial charge in [0.15, 0.2) is 0 Å². The molecular formula is C6H4F6O6S. The summed E-state index contributed by atoms with van der Waals surface area (Å²) in [5, 5.41) is 0. The molecule has 0 N–H and O–H groups in total. The van der Waals surface area contributed by atoms with E-state index in [9.17, 15) is 39.6 Å². The van der Waals surface area contributed by atoms with Gasteiger partial charge >= 0.3 is 28.7 Å². The summed E-state index contributed by atoms with van der Waals surface area (Å²) >= 11 is 0. The van der Waals surface area contributed by atoms with Crippen LogP contribution in [0.15, 0.2) is 0 Å². The van der Waals surface area contributed by atoms with E-state index in [1.807, 2.05) is 0 Å². The lowest BCUT2D eigenvalue weighted by molar-refractivity contribution is -0.314. The van der Waals surface area contributed by atoms with Gasteiger partial charge in [-0.05, 0) is 0 Å². The number of hydrogen-bond acceptors (Lipinski definition) is 6. The largest absolute Gasteiger partial charge is 0.441 e. The Morgan fingerprint density at radius 3 is 1.95 bits per heavy atom. The van der Waals surface area contributed by atoms with Crippen LogP contribution >= 0.6 is 0 Å². The highest BCUT2D eigenvalue weighted by Gasteiger charge is 2.60. The van der Waals surface area contributed by atoms with Crippen molar-refractivity contribution in [2.24, 2.45) is 0 Å². The summed E-state index contributed by atoms with van der Waals surface area (Å²) in [6.07, 6.45) is -18.4. The molecule has 1 aliphatic rings. The SMILES string of the molecule is O=C(OC(C(F)(F)F)C(F)(F)F)C1COS(=O)(=O)O1. The Bertz CT molecular complexity index is 438. The molecule has 1 atom stereocenters. The van der Waals surface area contributed by atoms with Gasteiger partial charge in [-0.15, -0.1) is 0 Å². The van der Waals surface area contributed by atoms with Gasteiger partial charge in [0.2, 0.25) is 6.10 Å². The van der Waals surface area contributed by atoms with Crippen LogP contribution in [0, 0.1) is 0 Å². The van der Waals surface area contributed by atoms with Crippen LogP contribution in [0.25, 0.3) is 0 Å². The van der Waals surface area contributed by atoms with Crippen molar-refractivity contribution in [3.05, 3.63) is 0 Å². The van der Waals surface area contributed by atoms with Crippen LogP contribution in [-0.2, 0) is 28.3 Å². The maximum Gasteiger partial charge on any atom is 0.434 e. The first-order valence-corrected chi connectivity index (χ1v) is 5.58. The minimum Gasteiger partial charge on any atom is -0.441 e. The second kappa shape index (κ2) is 4.79. The van der Waals surface area contributed by atoms with Gasteiger partial charge in [0.05, 0.1) is 0 Å². The molecule has 0 spiro atoms. The van der Waals surface area contributed by atoms with E-state index in [4.69, 9.17) is 0 Å². The predicted octanol–water partition coefficient (Wildman–Crippen LogP) is 0.683. The van der Waals surface area contributed by atoms with Crippen LogP contribution in [0.3, 0.4) is 0 Å². The Morgan fingerprint density at radius 2 is 1.63 bits per heavy atom. The molecule has 0 aromatic carbocycles. The Labute approximate surface area is 101 Å². The number of ether oxygens (including phenoxy) is 1. The first-order chi connectivity index (χ1) is 8.33. The van der Waals surface area contributed by atoms with Crippen LogP contribution in [-0.4, -0.2) is 45.6 Å². The number of hydrogen-bond donors (Lipinski definition) is 0. The number of esters is 1. The number of carbonyl (C=O) groups is 1. The van der Waals surface area contributed by atoms with Crippen molar-refractivity contribution >= 4 is 16.4 Å². The summed E-state index contributed by atoms with van der Waals surface area (Å²) in [6, 6.07) is 0. The fourth-order valence-electron chi connectivity index (χ4n) is 0.962. The molecule has 0 radical (unpaired) electrons. The van der Waals surface area contributed by atoms with Crippen molar-refractivity contribution in [1.29, 1.82) is 0 Å². The lowest BCUT2D eigenvalue weighted by atomic mass is 10.3. The Morgan fingerprint density at radius 1 is 1.16 bits per heavy atom. The fourth-order valence-corrected chi connectivity index (χ4v) is 1.73. The molecule has 1 heterocycles. The third-order valence-corrected chi connectivity index (χ3v) is 2.58. The maximum atomic E-state index is 12.0. The smallest absolute Gasteiger partial charge is 0.434 e. The molecule has 19 heavy (non-hydrogen) atoms. The van der Waals surface area contributed by atoms with E-state index >= 15 is 0 Å². The normalized spacial score (nSPS) is 23.6. The zero-order valence-corrected chi connectivity index (χ0v) is 9.30. The first kappa shape index (κ1) is 16.0. The number of rotatable bonds is 2. The van der Waals surface area contributed by atoms with Crippen molar-refractivity contribution in [2.45, 2.75) is 24.6 Å². The van der Waals surface area contributed by atoms with Crippen LogP contribution in [0.4, 0.5) is 26.3 Å². The quantitative estimate of drug-likeness (QED) is 0.550. The molecule has 13 heteroatoms. The topological polar surface area (TPSA) is 78.9 Å². The molecule has 1 rings (SSSR count). The molecule has 0 saturated carbocycles. The summed E-state index contributed by atoms with van der Waals surface area (Å²) in [6.45, 7) is -1.07. The second-order valence-electron chi connectivity index (χ2n) is 3.18. The highest BCUT2D eigenvalue weighted by molar-refractivity contribution is 7.82. The van der Waals surface area contributed by atoms with E-state index in [0.29, 0.717) is 0 Å². The summed E-state index contributed by atoms with van der Waals surface area (Å²) in [5.41, 5.74) is 0. The number of halogens is 6. The third kappa shape index (κ3) is 4.21. The molecule has 0 aliphatic carbocycles. The summed E-state index contributed by atoms with van der Waals surface area (Å²) in [4.78, 5) is 10.9. The molecule has 1 fully saturated rings. The fraction of sp³-hybridized carbons (Fsp3) is 0.833. The van der Waals surface area contributed by atoms with Gasteiger partial charge in [0, 0.05) is 0 Å². The predicted molar refractivity (Wildman–Crippen MR) is 41.7 cm³/mol. The van der Waals surface area contributed by atoms with Gasteiger partial charge in [-0.2, -0.15) is 34.8 Å². The highest BCUT2D eigenvalue weighted by Crippen LogP contribution is 2.36. The van der Waals surface area contributed by atoms with Crippen LogP contribution < -0.4 is 0 Å². The highest BCUT2D eigenvalue weighted by atomic mass is 32.3. The first-order valence-electron chi connectivity index (χ1n) is 4.24. The Balaban J connectivity index is 2.79. The zero-order chi connectivity index (χ0) is 15.1. The van der Waals surface area contributed by atoms with E-state index in [0.717, 1.165) is 0 Å². The third-order valence-electron chi connectivity index (χ3n) is 1.69. The Hall–Kier alpha value is -1.08. The van der Waals surface area contributed by atoms with Gasteiger partial charge in [-0.1, -0.05) is 0 Å². The summed E-state index contributed by atoms with van der Waals surface area (Å²) in [7, 11) is -4.61. The molecular weight excluding hydrogens is 314 g/mol. The lowest BCUT2D eigenvalue weighted by Gasteiger charge is -2.23. The second-order valence-corrected chi connectivity index (χ2v) is 4.42. The molecule has 6 nitrogen and oxygen atoms in total. The molecule has 1 aliphatic heterocycles. The van der Waals surface area contributed by atoms with Crippen molar-refractivity contribution in [1.82, 2.24) is 0 Å². The monoisotopic (exact) mass is 318 g/mol. The molecule has 0 aromatic heterocycles. The molecule has 112 valence electrons. The summed E-state index contributed by atoms with van der Waals surface area (Å²) in [5.74, 6) is -2.15. The molecule has 1 saturated heterocycles. The van der Waals surface area contributed by atoms with Crippen molar-refractivity contribution in [2.75, 3.05) is 6.61 Å². The average molecular weight is 318 g/mol. The number of carbonyl (C=O) groups excluding carboxylic acids is 1. The molecule has 0 bridgehead atoms. The maximum absolute atomic E-state index is 12.0. The minimum atomic E-state index is -5.90. The Kier molecular flexibility index (Phi) is 4.03. The molecule has 0 aromatic rings. The molecule has 1 unspecified atom stereocenters. The van der Waals surface area contributed by atoms with Gasteiger partial charge < -0.3 is 4.74 Å². The van der Waals surface area contributed by atoms with Crippen molar-refractivity contribution in [3.63, 3.8) is 0 Å². The van der Waals surface area contributed by atoms with E-state index in [2.05, 4.69) is 13.1 Å². The van der Waals surface area contributed by atoms with E-state index in [1.54, 1.807) is 0 Å². The minimum absolute atomic E-state index is 1.07. The van der Waals surface area contributed by atoms with Crippen LogP contribution in [0.5, 0.6) is 0 Å².